The van der Waals surface area contributed by atoms with Gasteiger partial charge in [0, 0.05) is 12.8 Å². The molecule has 4 aliphatic carbocycles. The first-order chi connectivity index (χ1) is 13.3. The summed E-state index contributed by atoms with van der Waals surface area (Å²) in [6, 6.07) is 0. The lowest BCUT2D eigenvalue weighted by Gasteiger charge is -2.60. The number of carbonyl (C=O) groups excluding carboxylic acids is 1. The smallest absolute Gasteiger partial charge is 0.133 e. The van der Waals surface area contributed by atoms with Gasteiger partial charge in [-0.1, -0.05) is 53.9 Å². The van der Waals surface area contributed by atoms with Crippen molar-refractivity contribution in [1.29, 1.82) is 0 Å². The highest BCUT2D eigenvalue weighted by Gasteiger charge is 2.60. The molecule has 0 bridgehead atoms. The van der Waals surface area contributed by atoms with Crippen molar-refractivity contribution in [2.45, 2.75) is 112 Å². The predicted octanol–water partition coefficient (Wildman–Crippen LogP) is 7.68. The quantitative estimate of drug-likeness (QED) is 0.473. The lowest BCUT2D eigenvalue weighted by Crippen LogP contribution is -2.53. The van der Waals surface area contributed by atoms with E-state index in [-0.39, 0.29) is 0 Å². The molecule has 4 rings (SSSR count). The van der Waals surface area contributed by atoms with Gasteiger partial charge in [0.25, 0.3) is 0 Å². The van der Waals surface area contributed by atoms with Crippen LogP contribution in [0.5, 0.6) is 0 Å². The molecule has 0 amide bonds. The van der Waals surface area contributed by atoms with E-state index in [2.05, 4.69) is 34.6 Å². The molecule has 0 heterocycles. The average Bonchev–Trinajstić information content (AvgIpc) is 2.99. The minimum absolute atomic E-state index is 0.471. The van der Waals surface area contributed by atoms with Gasteiger partial charge in [-0.05, 0) is 97.2 Å². The van der Waals surface area contributed by atoms with Crippen molar-refractivity contribution in [1.82, 2.24) is 0 Å². The average molecular weight is 387 g/mol. The van der Waals surface area contributed by atoms with Crippen LogP contribution < -0.4 is 0 Å². The number of rotatable bonds is 5. The van der Waals surface area contributed by atoms with Gasteiger partial charge < -0.3 is 0 Å². The van der Waals surface area contributed by atoms with Crippen LogP contribution in [0.4, 0.5) is 0 Å². The van der Waals surface area contributed by atoms with Crippen molar-refractivity contribution < 1.29 is 4.79 Å². The molecule has 0 aromatic rings. The molecule has 0 N–H and O–H groups in total. The van der Waals surface area contributed by atoms with E-state index >= 15 is 0 Å². The largest absolute Gasteiger partial charge is 0.300 e. The zero-order valence-corrected chi connectivity index (χ0v) is 19.4. The fourth-order valence-corrected chi connectivity index (χ4v) is 9.07. The second-order valence-corrected chi connectivity index (χ2v) is 12.4. The highest BCUT2D eigenvalue weighted by molar-refractivity contribution is 5.79. The number of ketones is 1. The van der Waals surface area contributed by atoms with Gasteiger partial charge in [0.15, 0.2) is 0 Å². The lowest BCUT2D eigenvalue weighted by molar-refractivity contribution is -0.140. The third-order valence-corrected chi connectivity index (χ3v) is 10.7. The Bertz CT molecular complexity index is 579. The standard InChI is InChI=1S/C27H46O/c1-18(2)7-6-8-19(3)23-11-12-24-22-10-9-20-17-21(28)13-15-26(20,4)25(22)14-16-27(23,24)5/h18-20,22-25H,6-17H2,1-5H3/t19?,20?,22?,23?,24?,25?,26-,27?/m0/s1. The SMILES string of the molecule is CC(C)CCCC(C)C1CCC2C3CCC4CC(=O)CC[C@]4(C)C3CCC12C. The molecule has 7 unspecified atom stereocenters. The van der Waals surface area contributed by atoms with E-state index in [0.29, 0.717) is 22.5 Å². The molecule has 0 saturated heterocycles. The Morgan fingerprint density at radius 1 is 0.893 bits per heavy atom. The van der Waals surface area contributed by atoms with Crippen LogP contribution in [0.3, 0.4) is 0 Å². The van der Waals surface area contributed by atoms with Crippen LogP contribution in [0.1, 0.15) is 112 Å². The van der Waals surface area contributed by atoms with Crippen LogP contribution >= 0.6 is 0 Å². The van der Waals surface area contributed by atoms with Gasteiger partial charge in [-0.3, -0.25) is 4.79 Å². The Morgan fingerprint density at radius 2 is 1.64 bits per heavy atom. The van der Waals surface area contributed by atoms with Crippen LogP contribution in [0.2, 0.25) is 0 Å². The Morgan fingerprint density at radius 3 is 2.39 bits per heavy atom. The normalized spacial score (nSPS) is 46.8. The Hall–Kier alpha value is -0.330. The molecule has 4 saturated carbocycles. The molecule has 1 heteroatoms. The molecule has 0 aliphatic heterocycles. The van der Waals surface area contributed by atoms with E-state index in [0.717, 1.165) is 48.3 Å². The molecule has 4 aliphatic rings. The number of carbonyl (C=O) groups is 1. The molecule has 4 fully saturated rings. The first kappa shape index (κ1) is 20.9. The molecule has 0 aromatic carbocycles. The van der Waals surface area contributed by atoms with Crippen LogP contribution in [0.15, 0.2) is 0 Å². The van der Waals surface area contributed by atoms with E-state index in [9.17, 15) is 4.79 Å². The number of fused-ring (bicyclic) bond motifs is 5. The molecule has 160 valence electrons. The lowest BCUT2D eigenvalue weighted by atomic mass is 9.44. The molecule has 28 heavy (non-hydrogen) atoms. The summed E-state index contributed by atoms with van der Waals surface area (Å²) in [5.41, 5.74) is 1.07. The third kappa shape index (κ3) is 3.41. The first-order valence-corrected chi connectivity index (χ1v) is 12.8. The fraction of sp³-hybridized carbons (Fsp3) is 0.963. The van der Waals surface area contributed by atoms with Crippen molar-refractivity contribution in [2.75, 3.05) is 0 Å². The highest BCUT2D eigenvalue weighted by Crippen LogP contribution is 2.68. The van der Waals surface area contributed by atoms with Crippen LogP contribution in [0.25, 0.3) is 0 Å². The summed E-state index contributed by atoms with van der Waals surface area (Å²) in [6.45, 7) is 12.6. The highest BCUT2D eigenvalue weighted by atomic mass is 16.1. The molecular formula is C27H46O. The zero-order chi connectivity index (χ0) is 20.1. The summed E-state index contributed by atoms with van der Waals surface area (Å²) in [5.74, 6) is 6.82. The van der Waals surface area contributed by atoms with Gasteiger partial charge in [-0.15, -0.1) is 0 Å². The van der Waals surface area contributed by atoms with Crippen molar-refractivity contribution >= 4 is 5.78 Å². The van der Waals surface area contributed by atoms with Crippen molar-refractivity contribution in [2.24, 2.45) is 52.3 Å². The molecule has 0 aromatic heterocycles. The summed E-state index contributed by atoms with van der Waals surface area (Å²) in [7, 11) is 0. The van der Waals surface area contributed by atoms with E-state index in [1.807, 2.05) is 0 Å². The van der Waals surface area contributed by atoms with Gasteiger partial charge in [-0.25, -0.2) is 0 Å². The third-order valence-electron chi connectivity index (χ3n) is 10.7. The maximum absolute atomic E-state index is 12.1. The summed E-state index contributed by atoms with van der Waals surface area (Å²) in [5, 5.41) is 0. The van der Waals surface area contributed by atoms with Crippen molar-refractivity contribution in [3.8, 4) is 0 Å². The van der Waals surface area contributed by atoms with E-state index in [1.165, 1.54) is 64.2 Å². The number of Topliss-reactive ketones (excluding diaryl/α,β-unsaturated/α-hetero) is 1. The van der Waals surface area contributed by atoms with Gasteiger partial charge in [-0.2, -0.15) is 0 Å². The number of hydrogen-bond acceptors (Lipinski definition) is 1. The van der Waals surface area contributed by atoms with E-state index < -0.39 is 0 Å². The topological polar surface area (TPSA) is 17.1 Å². The van der Waals surface area contributed by atoms with E-state index in [4.69, 9.17) is 0 Å². The van der Waals surface area contributed by atoms with Crippen molar-refractivity contribution in [3.63, 3.8) is 0 Å². The van der Waals surface area contributed by atoms with Crippen molar-refractivity contribution in [3.05, 3.63) is 0 Å². The Kier molecular flexibility index (Phi) is 5.78. The summed E-state index contributed by atoms with van der Waals surface area (Å²) < 4.78 is 0. The van der Waals surface area contributed by atoms with Gasteiger partial charge in [0.2, 0.25) is 0 Å². The summed E-state index contributed by atoms with van der Waals surface area (Å²) in [6.07, 6.45) is 15.9. The summed E-state index contributed by atoms with van der Waals surface area (Å²) >= 11 is 0. The second kappa shape index (κ2) is 7.73. The van der Waals surface area contributed by atoms with E-state index in [1.54, 1.807) is 0 Å². The van der Waals surface area contributed by atoms with Gasteiger partial charge in [0.1, 0.15) is 5.78 Å². The molecule has 1 nitrogen and oxygen atoms in total. The minimum Gasteiger partial charge on any atom is -0.300 e. The zero-order valence-electron chi connectivity index (χ0n) is 19.4. The first-order valence-electron chi connectivity index (χ1n) is 12.8. The summed E-state index contributed by atoms with van der Waals surface area (Å²) in [4.78, 5) is 12.1. The maximum atomic E-state index is 12.1. The molecule has 0 radical (unpaired) electrons. The van der Waals surface area contributed by atoms with Crippen LogP contribution in [0, 0.1) is 52.3 Å². The van der Waals surface area contributed by atoms with Crippen LogP contribution in [-0.2, 0) is 4.79 Å². The minimum atomic E-state index is 0.471. The van der Waals surface area contributed by atoms with Gasteiger partial charge in [0.05, 0.1) is 0 Å². The second-order valence-electron chi connectivity index (χ2n) is 12.4. The monoisotopic (exact) mass is 386 g/mol. The molecular weight excluding hydrogens is 340 g/mol. The predicted molar refractivity (Wildman–Crippen MR) is 118 cm³/mol. The molecule has 0 spiro atoms. The van der Waals surface area contributed by atoms with Gasteiger partial charge >= 0.3 is 0 Å². The fourth-order valence-electron chi connectivity index (χ4n) is 9.07. The van der Waals surface area contributed by atoms with Crippen LogP contribution in [-0.4, -0.2) is 5.78 Å². The maximum Gasteiger partial charge on any atom is 0.133 e. The Labute approximate surface area is 174 Å². The Balaban J connectivity index is 1.47. The molecule has 8 atom stereocenters. The number of hydrogen-bond donors (Lipinski definition) is 0.